The van der Waals surface area contributed by atoms with Crippen molar-refractivity contribution < 1.29 is 14.3 Å². The smallest absolute Gasteiger partial charge is 0.265 e. The molecule has 1 aliphatic heterocycles. The number of carbonyl (C=O) groups excluding carboxylic acids is 1. The molecule has 0 saturated carbocycles. The largest absolute Gasteiger partial charge is 0.497 e. The minimum atomic E-state index is -0.457. The zero-order chi connectivity index (χ0) is 19.9. The Bertz CT molecular complexity index is 844. The normalized spacial score (nSPS) is 14.1. The summed E-state index contributed by atoms with van der Waals surface area (Å²) in [6, 6.07) is 7.95. The summed E-state index contributed by atoms with van der Waals surface area (Å²) in [4.78, 5) is 35.6. The van der Waals surface area contributed by atoms with Crippen LogP contribution >= 0.6 is 0 Å². The van der Waals surface area contributed by atoms with Crippen molar-refractivity contribution >= 4 is 17.5 Å². The van der Waals surface area contributed by atoms with Gasteiger partial charge in [-0.15, -0.1) is 0 Å². The maximum absolute atomic E-state index is 12.3. The van der Waals surface area contributed by atoms with Crippen LogP contribution in [0.15, 0.2) is 35.3 Å². The second-order valence-electron chi connectivity index (χ2n) is 6.37. The number of methoxy groups -OCH3 is 2. The number of piperazine rings is 1. The van der Waals surface area contributed by atoms with Crippen LogP contribution < -0.4 is 25.4 Å². The SMILES string of the molecule is COCCNC(=O)c1cnc(N2CCN(c3ccc(OC)cc3)CC2)[nH]c1=O. The molecule has 0 unspecified atom stereocenters. The molecule has 2 aromatic rings. The van der Waals surface area contributed by atoms with Gasteiger partial charge < -0.3 is 24.6 Å². The molecule has 0 radical (unpaired) electrons. The Morgan fingerprint density at radius 2 is 1.82 bits per heavy atom. The van der Waals surface area contributed by atoms with Gasteiger partial charge in [-0.3, -0.25) is 14.6 Å². The summed E-state index contributed by atoms with van der Waals surface area (Å²) in [5.74, 6) is 0.852. The van der Waals surface area contributed by atoms with Gasteiger partial charge in [0.25, 0.3) is 11.5 Å². The first kappa shape index (κ1) is 19.7. The number of H-pyrrole nitrogens is 1. The Labute approximate surface area is 163 Å². The standard InChI is InChI=1S/C19H25N5O4/c1-27-12-7-20-17(25)16-13-21-19(22-18(16)26)24-10-8-23(9-11-24)14-3-5-15(28-2)6-4-14/h3-6,13H,7-12H2,1-2H3,(H,20,25)(H,21,22,26). The molecule has 0 aliphatic carbocycles. The molecule has 2 N–H and O–H groups in total. The molecule has 9 heteroatoms. The summed E-state index contributed by atoms with van der Waals surface area (Å²) in [5, 5.41) is 2.62. The molecule has 0 atom stereocenters. The van der Waals surface area contributed by atoms with E-state index in [0.717, 1.165) is 24.5 Å². The topological polar surface area (TPSA) is 99.8 Å². The van der Waals surface area contributed by atoms with Crippen LogP contribution in [0.2, 0.25) is 0 Å². The molecular weight excluding hydrogens is 362 g/mol. The molecule has 28 heavy (non-hydrogen) atoms. The van der Waals surface area contributed by atoms with Gasteiger partial charge in [-0.25, -0.2) is 4.98 Å². The van der Waals surface area contributed by atoms with Crippen LogP contribution in [0.4, 0.5) is 11.6 Å². The first-order valence-electron chi connectivity index (χ1n) is 9.13. The fourth-order valence-corrected chi connectivity index (χ4v) is 3.04. The number of benzene rings is 1. The van der Waals surface area contributed by atoms with Crippen LogP contribution in [0.5, 0.6) is 5.75 Å². The van der Waals surface area contributed by atoms with E-state index in [1.54, 1.807) is 14.2 Å². The van der Waals surface area contributed by atoms with E-state index in [0.29, 0.717) is 32.2 Å². The lowest BCUT2D eigenvalue weighted by Crippen LogP contribution is -2.47. The fraction of sp³-hybridized carbons (Fsp3) is 0.421. The van der Waals surface area contributed by atoms with E-state index in [1.807, 2.05) is 29.2 Å². The number of nitrogens with zero attached hydrogens (tertiary/aromatic N) is 3. The van der Waals surface area contributed by atoms with E-state index in [9.17, 15) is 9.59 Å². The van der Waals surface area contributed by atoms with Gasteiger partial charge >= 0.3 is 0 Å². The summed E-state index contributed by atoms with van der Waals surface area (Å²) < 4.78 is 10.1. The van der Waals surface area contributed by atoms with Gasteiger partial charge in [-0.2, -0.15) is 0 Å². The number of aromatic nitrogens is 2. The quantitative estimate of drug-likeness (QED) is 0.667. The van der Waals surface area contributed by atoms with Crippen LogP contribution in [-0.2, 0) is 4.74 Å². The van der Waals surface area contributed by atoms with E-state index >= 15 is 0 Å². The highest BCUT2D eigenvalue weighted by Gasteiger charge is 2.20. The predicted molar refractivity (Wildman–Crippen MR) is 106 cm³/mol. The van der Waals surface area contributed by atoms with Crippen molar-refractivity contribution in [2.45, 2.75) is 0 Å². The summed E-state index contributed by atoms with van der Waals surface area (Å²) in [6.45, 7) is 3.75. The number of amides is 1. The third-order valence-electron chi connectivity index (χ3n) is 4.64. The molecule has 150 valence electrons. The molecule has 3 rings (SSSR count). The molecule has 1 amide bonds. The zero-order valence-corrected chi connectivity index (χ0v) is 16.1. The third kappa shape index (κ3) is 4.61. The van der Waals surface area contributed by atoms with Gasteiger partial charge in [-0.1, -0.05) is 0 Å². The highest BCUT2D eigenvalue weighted by molar-refractivity contribution is 5.93. The molecular formula is C19H25N5O4. The number of rotatable bonds is 7. The zero-order valence-electron chi connectivity index (χ0n) is 16.1. The van der Waals surface area contributed by atoms with Crippen molar-refractivity contribution in [3.63, 3.8) is 0 Å². The van der Waals surface area contributed by atoms with E-state index < -0.39 is 11.5 Å². The van der Waals surface area contributed by atoms with Crippen molar-refractivity contribution in [2.24, 2.45) is 0 Å². The maximum atomic E-state index is 12.3. The minimum absolute atomic E-state index is 0.00304. The van der Waals surface area contributed by atoms with E-state index in [1.165, 1.54) is 6.20 Å². The Hall–Kier alpha value is -3.07. The van der Waals surface area contributed by atoms with Crippen LogP contribution in [0.1, 0.15) is 10.4 Å². The minimum Gasteiger partial charge on any atom is -0.497 e. The molecule has 1 aliphatic rings. The average Bonchev–Trinajstić information content (AvgIpc) is 2.74. The number of hydrogen-bond acceptors (Lipinski definition) is 7. The Morgan fingerprint density at radius 3 is 2.43 bits per heavy atom. The summed E-state index contributed by atoms with van der Waals surface area (Å²) in [7, 11) is 3.19. The van der Waals surface area contributed by atoms with Crippen LogP contribution in [0.25, 0.3) is 0 Å². The highest BCUT2D eigenvalue weighted by atomic mass is 16.5. The van der Waals surface area contributed by atoms with Crippen LogP contribution in [-0.4, -0.2) is 69.4 Å². The molecule has 1 saturated heterocycles. The summed E-state index contributed by atoms with van der Waals surface area (Å²) in [6.07, 6.45) is 1.33. The lowest BCUT2D eigenvalue weighted by molar-refractivity contribution is 0.0935. The van der Waals surface area contributed by atoms with Crippen molar-refractivity contribution in [1.82, 2.24) is 15.3 Å². The van der Waals surface area contributed by atoms with Gasteiger partial charge in [0.15, 0.2) is 0 Å². The summed E-state index contributed by atoms with van der Waals surface area (Å²) in [5.41, 5.74) is 0.680. The van der Waals surface area contributed by atoms with Gasteiger partial charge in [0, 0.05) is 51.7 Å². The first-order valence-corrected chi connectivity index (χ1v) is 9.13. The molecule has 1 aromatic carbocycles. The molecule has 9 nitrogen and oxygen atoms in total. The average molecular weight is 387 g/mol. The van der Waals surface area contributed by atoms with Crippen LogP contribution in [0.3, 0.4) is 0 Å². The predicted octanol–water partition coefficient (Wildman–Crippen LogP) is 0.481. The second-order valence-corrected chi connectivity index (χ2v) is 6.37. The molecule has 2 heterocycles. The van der Waals surface area contributed by atoms with E-state index in [-0.39, 0.29) is 5.56 Å². The number of aromatic amines is 1. The monoisotopic (exact) mass is 387 g/mol. The Balaban J connectivity index is 1.60. The van der Waals surface area contributed by atoms with Crippen molar-refractivity contribution in [1.29, 1.82) is 0 Å². The lowest BCUT2D eigenvalue weighted by atomic mass is 10.2. The second kappa shape index (κ2) is 9.23. The van der Waals surface area contributed by atoms with Gasteiger partial charge in [0.2, 0.25) is 5.95 Å². The maximum Gasteiger partial charge on any atom is 0.265 e. The van der Waals surface area contributed by atoms with E-state index in [2.05, 4.69) is 20.2 Å². The van der Waals surface area contributed by atoms with Crippen molar-refractivity contribution in [3.05, 3.63) is 46.4 Å². The first-order chi connectivity index (χ1) is 13.6. The Kier molecular flexibility index (Phi) is 6.49. The molecule has 1 fully saturated rings. The highest BCUT2D eigenvalue weighted by Crippen LogP contribution is 2.21. The molecule has 1 aromatic heterocycles. The number of anilines is 2. The lowest BCUT2D eigenvalue weighted by Gasteiger charge is -2.36. The van der Waals surface area contributed by atoms with Crippen LogP contribution in [0, 0.1) is 0 Å². The number of hydrogen-bond donors (Lipinski definition) is 2. The fourth-order valence-electron chi connectivity index (χ4n) is 3.04. The molecule has 0 spiro atoms. The Morgan fingerprint density at radius 1 is 1.14 bits per heavy atom. The van der Waals surface area contributed by atoms with Gasteiger partial charge in [0.1, 0.15) is 11.3 Å². The van der Waals surface area contributed by atoms with Crippen molar-refractivity contribution in [3.8, 4) is 5.75 Å². The number of ether oxygens (including phenoxy) is 2. The molecule has 0 bridgehead atoms. The van der Waals surface area contributed by atoms with Gasteiger partial charge in [-0.05, 0) is 24.3 Å². The summed E-state index contributed by atoms with van der Waals surface area (Å²) >= 11 is 0. The number of carbonyl (C=O) groups is 1. The van der Waals surface area contributed by atoms with E-state index in [4.69, 9.17) is 9.47 Å². The third-order valence-corrected chi connectivity index (χ3v) is 4.64. The van der Waals surface area contributed by atoms with Gasteiger partial charge in [0.05, 0.1) is 13.7 Å². The van der Waals surface area contributed by atoms with Crippen molar-refractivity contribution in [2.75, 3.05) is 63.4 Å². The number of nitrogens with one attached hydrogen (secondary N) is 2.